The zero-order valence-corrected chi connectivity index (χ0v) is 10.4. The van der Waals surface area contributed by atoms with Gasteiger partial charge in [-0.1, -0.05) is 18.2 Å². The predicted octanol–water partition coefficient (Wildman–Crippen LogP) is 3.89. The zero-order chi connectivity index (χ0) is 13.0. The van der Waals surface area contributed by atoms with E-state index in [-0.39, 0.29) is 5.82 Å². The van der Waals surface area contributed by atoms with Crippen molar-refractivity contribution >= 4 is 11.9 Å². The number of halogens is 1. The third kappa shape index (κ3) is 3.17. The molecule has 0 heterocycles. The summed E-state index contributed by atoms with van der Waals surface area (Å²) in [5.74, 6) is -0.259. The lowest BCUT2D eigenvalue weighted by Gasteiger charge is -2.04. The molecule has 0 aliphatic carbocycles. The van der Waals surface area contributed by atoms with Crippen LogP contribution in [-0.4, -0.2) is 6.21 Å². The van der Waals surface area contributed by atoms with E-state index >= 15 is 0 Å². The number of rotatable bonds is 3. The number of anilines is 1. The minimum Gasteiger partial charge on any atom is -0.278 e. The molecular formula is C15H15FN2. The van der Waals surface area contributed by atoms with Gasteiger partial charge in [-0.3, -0.25) is 5.43 Å². The summed E-state index contributed by atoms with van der Waals surface area (Å²) in [6.07, 6.45) is 1.60. The average molecular weight is 242 g/mol. The van der Waals surface area contributed by atoms with Gasteiger partial charge in [0.05, 0.1) is 11.9 Å². The number of hydrazone groups is 1. The lowest BCUT2D eigenvalue weighted by Crippen LogP contribution is -1.92. The van der Waals surface area contributed by atoms with Gasteiger partial charge in [-0.05, 0) is 54.8 Å². The molecule has 3 heteroatoms. The van der Waals surface area contributed by atoms with Crippen molar-refractivity contribution in [3.05, 3.63) is 65.0 Å². The molecular weight excluding hydrogens is 227 g/mol. The molecule has 0 bridgehead atoms. The highest BCUT2D eigenvalue weighted by Gasteiger charge is 1.94. The highest BCUT2D eigenvalue weighted by Crippen LogP contribution is 2.13. The lowest BCUT2D eigenvalue weighted by atomic mass is 10.1. The second kappa shape index (κ2) is 5.45. The topological polar surface area (TPSA) is 24.4 Å². The maximum absolute atomic E-state index is 12.9. The second-order valence-corrected chi connectivity index (χ2v) is 4.22. The number of benzene rings is 2. The van der Waals surface area contributed by atoms with Crippen LogP contribution in [0.3, 0.4) is 0 Å². The van der Waals surface area contributed by atoms with Gasteiger partial charge in [0.1, 0.15) is 5.82 Å². The van der Waals surface area contributed by atoms with E-state index in [0.29, 0.717) is 0 Å². The summed E-state index contributed by atoms with van der Waals surface area (Å²) in [6.45, 7) is 4.12. The standard InChI is InChI=1S/C15H15FN2/c1-11-6-7-15(8-12(11)2)18-17-10-13-4-3-5-14(16)9-13/h3-10,18H,1-2H3/b17-10+. The van der Waals surface area contributed by atoms with Crippen LogP contribution in [-0.2, 0) is 0 Å². The van der Waals surface area contributed by atoms with E-state index in [0.717, 1.165) is 11.3 Å². The lowest BCUT2D eigenvalue weighted by molar-refractivity contribution is 0.627. The van der Waals surface area contributed by atoms with Crippen LogP contribution in [0.15, 0.2) is 47.6 Å². The van der Waals surface area contributed by atoms with Crippen molar-refractivity contribution in [3.8, 4) is 0 Å². The van der Waals surface area contributed by atoms with E-state index in [1.807, 2.05) is 18.2 Å². The fourth-order valence-corrected chi connectivity index (χ4v) is 1.58. The maximum Gasteiger partial charge on any atom is 0.123 e. The van der Waals surface area contributed by atoms with E-state index in [1.54, 1.807) is 18.3 Å². The first kappa shape index (κ1) is 12.3. The van der Waals surface area contributed by atoms with Crippen LogP contribution in [0.25, 0.3) is 0 Å². The number of aryl methyl sites for hydroxylation is 2. The largest absolute Gasteiger partial charge is 0.278 e. The Morgan fingerprint density at radius 2 is 1.89 bits per heavy atom. The van der Waals surface area contributed by atoms with Gasteiger partial charge >= 0.3 is 0 Å². The molecule has 0 fully saturated rings. The van der Waals surface area contributed by atoms with Crippen molar-refractivity contribution < 1.29 is 4.39 Å². The summed E-state index contributed by atoms with van der Waals surface area (Å²) in [6, 6.07) is 12.3. The summed E-state index contributed by atoms with van der Waals surface area (Å²) in [5, 5.41) is 4.08. The number of nitrogens with zero attached hydrogens (tertiary/aromatic N) is 1. The second-order valence-electron chi connectivity index (χ2n) is 4.22. The summed E-state index contributed by atoms with van der Waals surface area (Å²) >= 11 is 0. The Balaban J connectivity index is 2.05. The molecule has 1 N–H and O–H groups in total. The van der Waals surface area contributed by atoms with Gasteiger partial charge in [0.25, 0.3) is 0 Å². The Bertz CT molecular complexity index is 576. The van der Waals surface area contributed by atoms with Gasteiger partial charge in [-0.25, -0.2) is 4.39 Å². The number of hydrogen-bond donors (Lipinski definition) is 1. The Labute approximate surface area is 106 Å². The molecule has 2 rings (SSSR count). The van der Waals surface area contributed by atoms with E-state index in [1.165, 1.54) is 23.3 Å². The highest BCUT2D eigenvalue weighted by atomic mass is 19.1. The SMILES string of the molecule is Cc1ccc(N/N=C/c2cccc(F)c2)cc1C. The minimum absolute atomic E-state index is 0.259. The summed E-state index contributed by atoms with van der Waals surface area (Å²) in [4.78, 5) is 0. The Hall–Kier alpha value is -2.16. The zero-order valence-electron chi connectivity index (χ0n) is 10.4. The normalized spacial score (nSPS) is 10.8. The fraction of sp³-hybridized carbons (Fsp3) is 0.133. The molecule has 2 aromatic carbocycles. The van der Waals surface area contributed by atoms with E-state index in [4.69, 9.17) is 0 Å². The molecule has 0 radical (unpaired) electrons. The summed E-state index contributed by atoms with van der Waals surface area (Å²) < 4.78 is 12.9. The maximum atomic E-state index is 12.9. The monoisotopic (exact) mass is 242 g/mol. The van der Waals surface area contributed by atoms with Gasteiger partial charge in [0.15, 0.2) is 0 Å². The molecule has 0 spiro atoms. The molecule has 18 heavy (non-hydrogen) atoms. The number of hydrogen-bond acceptors (Lipinski definition) is 2. The van der Waals surface area contributed by atoms with Crippen molar-refractivity contribution in [1.29, 1.82) is 0 Å². The van der Waals surface area contributed by atoms with Gasteiger partial charge in [-0.15, -0.1) is 0 Å². The molecule has 0 atom stereocenters. The van der Waals surface area contributed by atoms with Crippen LogP contribution in [0.1, 0.15) is 16.7 Å². The van der Waals surface area contributed by atoms with E-state index in [9.17, 15) is 4.39 Å². The highest BCUT2D eigenvalue weighted by molar-refractivity contribution is 5.80. The van der Waals surface area contributed by atoms with E-state index < -0.39 is 0 Å². The van der Waals surface area contributed by atoms with Crippen molar-refractivity contribution in [2.75, 3.05) is 5.43 Å². The molecule has 2 aromatic rings. The molecule has 0 amide bonds. The Kier molecular flexibility index (Phi) is 3.72. The van der Waals surface area contributed by atoms with Gasteiger partial charge in [-0.2, -0.15) is 5.10 Å². The van der Waals surface area contributed by atoms with Gasteiger partial charge in [0.2, 0.25) is 0 Å². The third-order valence-corrected chi connectivity index (χ3v) is 2.76. The first-order valence-corrected chi connectivity index (χ1v) is 5.77. The van der Waals surface area contributed by atoms with Crippen LogP contribution in [0.5, 0.6) is 0 Å². The molecule has 0 aliphatic heterocycles. The molecule has 2 nitrogen and oxygen atoms in total. The van der Waals surface area contributed by atoms with Gasteiger partial charge in [0, 0.05) is 0 Å². The molecule has 92 valence electrons. The first-order chi connectivity index (χ1) is 8.65. The van der Waals surface area contributed by atoms with Crippen LogP contribution in [0, 0.1) is 19.7 Å². The Morgan fingerprint density at radius 1 is 1.06 bits per heavy atom. The van der Waals surface area contributed by atoms with Crippen molar-refractivity contribution in [1.82, 2.24) is 0 Å². The quantitative estimate of drug-likeness (QED) is 0.641. The smallest absolute Gasteiger partial charge is 0.123 e. The average Bonchev–Trinajstić information content (AvgIpc) is 2.34. The molecule has 0 aliphatic rings. The molecule has 0 unspecified atom stereocenters. The van der Waals surface area contributed by atoms with Crippen LogP contribution >= 0.6 is 0 Å². The fourth-order valence-electron chi connectivity index (χ4n) is 1.58. The van der Waals surface area contributed by atoms with Crippen LogP contribution in [0.2, 0.25) is 0 Å². The predicted molar refractivity (Wildman–Crippen MR) is 73.5 cm³/mol. The van der Waals surface area contributed by atoms with Crippen molar-refractivity contribution in [2.24, 2.45) is 5.10 Å². The van der Waals surface area contributed by atoms with E-state index in [2.05, 4.69) is 24.4 Å². The number of nitrogens with one attached hydrogen (secondary N) is 1. The molecule has 0 aromatic heterocycles. The summed E-state index contributed by atoms with van der Waals surface area (Å²) in [7, 11) is 0. The third-order valence-electron chi connectivity index (χ3n) is 2.76. The molecule has 0 saturated carbocycles. The molecule has 0 saturated heterocycles. The minimum atomic E-state index is -0.259. The van der Waals surface area contributed by atoms with Gasteiger partial charge < -0.3 is 0 Å². The van der Waals surface area contributed by atoms with Crippen molar-refractivity contribution in [3.63, 3.8) is 0 Å². The van der Waals surface area contributed by atoms with Crippen LogP contribution < -0.4 is 5.43 Å². The first-order valence-electron chi connectivity index (χ1n) is 5.77. The van der Waals surface area contributed by atoms with Crippen LogP contribution in [0.4, 0.5) is 10.1 Å². The summed E-state index contributed by atoms with van der Waals surface area (Å²) in [5.41, 5.74) is 7.03. The van der Waals surface area contributed by atoms with Crippen molar-refractivity contribution in [2.45, 2.75) is 13.8 Å². The Morgan fingerprint density at radius 3 is 2.61 bits per heavy atom.